The Hall–Kier alpha value is -4.59. The Kier molecular flexibility index (Phi) is 6.30. The molecule has 3 aromatic carbocycles. The van der Waals surface area contributed by atoms with Crippen molar-refractivity contribution in [1.29, 1.82) is 0 Å². The second-order valence-corrected chi connectivity index (χ2v) is 10.3. The van der Waals surface area contributed by atoms with Crippen LogP contribution in [-0.4, -0.2) is 58.2 Å². The fraction of sp³-hybridized carbons (Fsp3) is 0.258. The molecule has 1 aliphatic carbocycles. The number of nitrogens with zero attached hydrogens (tertiary/aromatic N) is 1. The molecule has 4 aromatic rings. The van der Waals surface area contributed by atoms with Gasteiger partial charge in [-0.1, -0.05) is 73.7 Å². The highest BCUT2D eigenvalue weighted by molar-refractivity contribution is 5.89. The number of benzene rings is 3. The summed E-state index contributed by atoms with van der Waals surface area (Å²) in [5.74, 6) is -1.92. The SMILES string of the molecule is CC(c1c[nH]c2ccccc12)C(C(=O)O)N1C[C@@H](NC(=O)OCC2c3ccccc3-c3ccccc32)CC1=O. The molecule has 0 saturated carbocycles. The van der Waals surface area contributed by atoms with Crippen LogP contribution >= 0.6 is 0 Å². The molecule has 3 atom stereocenters. The molecule has 1 saturated heterocycles. The molecule has 39 heavy (non-hydrogen) atoms. The molecule has 198 valence electrons. The molecule has 0 radical (unpaired) electrons. The van der Waals surface area contributed by atoms with E-state index in [1.807, 2.05) is 55.5 Å². The Morgan fingerprint density at radius 3 is 2.36 bits per heavy atom. The van der Waals surface area contributed by atoms with E-state index in [0.29, 0.717) is 0 Å². The average molecular weight is 524 g/mol. The smallest absolute Gasteiger partial charge is 0.407 e. The lowest BCUT2D eigenvalue weighted by atomic mass is 9.92. The van der Waals surface area contributed by atoms with Crippen LogP contribution in [0.5, 0.6) is 0 Å². The second-order valence-electron chi connectivity index (χ2n) is 10.3. The third-order valence-corrected chi connectivity index (χ3v) is 8.00. The molecular formula is C31H29N3O5. The molecule has 1 aliphatic heterocycles. The van der Waals surface area contributed by atoms with Crippen molar-refractivity contribution in [3.63, 3.8) is 0 Å². The summed E-state index contributed by atoms with van der Waals surface area (Å²) < 4.78 is 5.63. The van der Waals surface area contributed by atoms with E-state index in [0.717, 1.165) is 38.7 Å². The quantitative estimate of drug-likeness (QED) is 0.320. The summed E-state index contributed by atoms with van der Waals surface area (Å²) in [4.78, 5) is 42.6. The monoisotopic (exact) mass is 523 g/mol. The lowest BCUT2D eigenvalue weighted by Gasteiger charge is -2.29. The third-order valence-electron chi connectivity index (χ3n) is 8.00. The van der Waals surface area contributed by atoms with Gasteiger partial charge >= 0.3 is 12.1 Å². The number of nitrogens with one attached hydrogen (secondary N) is 2. The number of carboxylic acid groups (broad SMARTS) is 1. The first-order valence-corrected chi connectivity index (χ1v) is 13.1. The minimum Gasteiger partial charge on any atom is -0.480 e. The van der Waals surface area contributed by atoms with Crippen molar-refractivity contribution in [2.24, 2.45) is 0 Å². The number of hydrogen-bond donors (Lipinski definition) is 3. The van der Waals surface area contributed by atoms with E-state index in [-0.39, 0.29) is 31.4 Å². The van der Waals surface area contributed by atoms with E-state index < -0.39 is 30.1 Å². The van der Waals surface area contributed by atoms with Crippen LogP contribution < -0.4 is 5.32 Å². The van der Waals surface area contributed by atoms with Gasteiger partial charge in [0.05, 0.1) is 6.04 Å². The molecule has 2 aliphatic rings. The highest BCUT2D eigenvalue weighted by Crippen LogP contribution is 2.44. The van der Waals surface area contributed by atoms with Crippen LogP contribution in [0.4, 0.5) is 4.79 Å². The normalized spacial score (nSPS) is 18.0. The number of carboxylic acids is 1. The van der Waals surface area contributed by atoms with Crippen LogP contribution in [0.15, 0.2) is 79.0 Å². The van der Waals surface area contributed by atoms with Crippen molar-refractivity contribution in [3.05, 3.63) is 95.7 Å². The van der Waals surface area contributed by atoms with Crippen LogP contribution in [-0.2, 0) is 14.3 Å². The number of carbonyl (C=O) groups excluding carboxylic acids is 2. The van der Waals surface area contributed by atoms with Gasteiger partial charge in [0.1, 0.15) is 12.6 Å². The van der Waals surface area contributed by atoms with Crippen molar-refractivity contribution in [2.75, 3.05) is 13.2 Å². The van der Waals surface area contributed by atoms with E-state index in [4.69, 9.17) is 4.74 Å². The van der Waals surface area contributed by atoms with Crippen molar-refractivity contribution < 1.29 is 24.2 Å². The molecule has 6 rings (SSSR count). The van der Waals surface area contributed by atoms with Crippen LogP contribution in [0.25, 0.3) is 22.0 Å². The van der Waals surface area contributed by atoms with E-state index >= 15 is 0 Å². The van der Waals surface area contributed by atoms with Gasteiger partial charge in [0.25, 0.3) is 0 Å². The number of fused-ring (bicyclic) bond motifs is 4. The minimum absolute atomic E-state index is 0.0224. The Balaban J connectivity index is 1.12. The molecule has 3 N–H and O–H groups in total. The number of aromatic nitrogens is 1. The zero-order valence-electron chi connectivity index (χ0n) is 21.5. The Morgan fingerprint density at radius 1 is 1.03 bits per heavy atom. The Bertz CT molecular complexity index is 1530. The second kappa shape index (κ2) is 9.94. The standard InChI is InChI=1S/C31H29N3O5/c1-18(25-15-32-27-13-7-6-12-24(25)27)29(30(36)37)34-16-19(14-28(34)35)33-31(38)39-17-26-22-10-4-2-8-20(22)21-9-3-5-11-23(21)26/h2-13,15,18-19,26,29,32H,14,16-17H2,1H3,(H,33,38)(H,36,37)/t18?,19-,29?/m0/s1. The first-order chi connectivity index (χ1) is 18.9. The van der Waals surface area contributed by atoms with Crippen LogP contribution in [0.2, 0.25) is 0 Å². The molecule has 8 nitrogen and oxygen atoms in total. The molecule has 0 bridgehead atoms. The summed E-state index contributed by atoms with van der Waals surface area (Å²) in [7, 11) is 0. The summed E-state index contributed by atoms with van der Waals surface area (Å²) in [6, 6.07) is 22.3. The van der Waals surface area contributed by atoms with E-state index in [9.17, 15) is 19.5 Å². The molecule has 1 fully saturated rings. The number of aromatic amines is 1. The van der Waals surface area contributed by atoms with Gasteiger partial charge in [0.15, 0.2) is 0 Å². The molecule has 1 aromatic heterocycles. The Morgan fingerprint density at radius 2 is 1.67 bits per heavy atom. The highest BCUT2D eigenvalue weighted by Gasteiger charge is 2.42. The molecule has 2 amide bonds. The number of rotatable bonds is 7. The molecular weight excluding hydrogens is 494 g/mol. The highest BCUT2D eigenvalue weighted by atomic mass is 16.5. The Labute approximate surface area is 225 Å². The first-order valence-electron chi connectivity index (χ1n) is 13.1. The van der Waals surface area contributed by atoms with E-state index in [1.54, 1.807) is 6.20 Å². The fourth-order valence-electron chi connectivity index (χ4n) is 6.16. The molecule has 2 unspecified atom stereocenters. The lowest BCUT2D eigenvalue weighted by Crippen LogP contribution is -2.47. The fourth-order valence-corrected chi connectivity index (χ4v) is 6.16. The number of alkyl carbamates (subject to hydrolysis) is 1. The van der Waals surface area contributed by atoms with Gasteiger partial charge in [-0.15, -0.1) is 0 Å². The van der Waals surface area contributed by atoms with Gasteiger partial charge in [0.2, 0.25) is 5.91 Å². The summed E-state index contributed by atoms with van der Waals surface area (Å²) in [5.41, 5.74) is 6.25. The largest absolute Gasteiger partial charge is 0.480 e. The average Bonchev–Trinajstić information content (AvgIpc) is 3.61. The zero-order valence-corrected chi connectivity index (χ0v) is 21.5. The molecule has 0 spiro atoms. The van der Waals surface area contributed by atoms with Gasteiger partial charge in [-0.3, -0.25) is 4.79 Å². The number of para-hydroxylation sites is 1. The number of H-pyrrole nitrogens is 1. The molecule has 2 heterocycles. The summed E-state index contributed by atoms with van der Waals surface area (Å²) in [6.07, 6.45) is 1.21. The van der Waals surface area contributed by atoms with Gasteiger partial charge < -0.3 is 25.0 Å². The van der Waals surface area contributed by atoms with Gasteiger partial charge in [-0.2, -0.15) is 0 Å². The van der Waals surface area contributed by atoms with E-state index in [2.05, 4.69) is 34.6 Å². The van der Waals surface area contributed by atoms with Crippen molar-refractivity contribution in [3.8, 4) is 11.1 Å². The van der Waals surface area contributed by atoms with Crippen molar-refractivity contribution in [2.45, 2.75) is 37.3 Å². The van der Waals surface area contributed by atoms with Crippen LogP contribution in [0, 0.1) is 0 Å². The predicted molar refractivity (Wildman–Crippen MR) is 146 cm³/mol. The summed E-state index contributed by atoms with van der Waals surface area (Å²) in [5, 5.41) is 13.8. The number of likely N-dealkylation sites (tertiary alicyclic amines) is 1. The lowest BCUT2D eigenvalue weighted by molar-refractivity contribution is -0.149. The van der Waals surface area contributed by atoms with Crippen LogP contribution in [0.3, 0.4) is 0 Å². The maximum absolute atomic E-state index is 13.0. The number of amides is 2. The maximum atomic E-state index is 13.0. The van der Waals surface area contributed by atoms with Gasteiger partial charge in [-0.05, 0) is 33.9 Å². The first kappa shape index (κ1) is 24.7. The van der Waals surface area contributed by atoms with E-state index in [1.165, 1.54) is 4.90 Å². The van der Waals surface area contributed by atoms with Crippen LogP contribution in [0.1, 0.15) is 41.9 Å². The minimum atomic E-state index is -1.08. The third kappa shape index (κ3) is 4.41. The number of hydrogen-bond acceptors (Lipinski definition) is 4. The van der Waals surface area contributed by atoms with Gasteiger partial charge in [0, 0.05) is 41.9 Å². The topological polar surface area (TPSA) is 112 Å². The molecule has 8 heteroatoms. The number of ether oxygens (including phenoxy) is 1. The van der Waals surface area contributed by atoms with Gasteiger partial charge in [-0.25, -0.2) is 9.59 Å². The number of carbonyl (C=O) groups is 3. The summed E-state index contributed by atoms with van der Waals surface area (Å²) in [6.45, 7) is 2.08. The summed E-state index contributed by atoms with van der Waals surface area (Å²) >= 11 is 0. The maximum Gasteiger partial charge on any atom is 0.407 e. The zero-order chi connectivity index (χ0) is 27.1. The van der Waals surface area contributed by atoms with Crippen molar-refractivity contribution >= 4 is 28.9 Å². The number of aliphatic carboxylic acids is 1. The predicted octanol–water partition coefficient (Wildman–Crippen LogP) is 4.86. The van der Waals surface area contributed by atoms with Crippen molar-refractivity contribution in [1.82, 2.24) is 15.2 Å².